The van der Waals surface area contributed by atoms with Crippen LogP contribution in [-0.2, 0) is 15.5 Å². The molecular formula is C15H26NO6P. The van der Waals surface area contributed by atoms with Crippen LogP contribution in [0.4, 0.5) is 0 Å². The average molecular weight is 347 g/mol. The van der Waals surface area contributed by atoms with Crippen molar-refractivity contribution < 1.29 is 28.7 Å². The molecule has 7 nitrogen and oxygen atoms in total. The lowest BCUT2D eigenvalue weighted by Gasteiger charge is -2.27. The second-order valence-corrected chi connectivity index (χ2v) is 6.90. The molecule has 1 rings (SSSR count). The molecular weight excluding hydrogens is 321 g/mol. The highest BCUT2D eigenvalue weighted by molar-refractivity contribution is 7.46. The Labute approximate surface area is 136 Å². The molecule has 0 aliphatic heterocycles. The summed E-state index contributed by atoms with van der Waals surface area (Å²) in [5.41, 5.74) is 5.50. The van der Waals surface area contributed by atoms with Crippen molar-refractivity contribution in [2.45, 2.75) is 38.1 Å². The molecule has 0 aliphatic carbocycles. The summed E-state index contributed by atoms with van der Waals surface area (Å²) in [7, 11) is -4.62. The molecule has 0 bridgehead atoms. The van der Waals surface area contributed by atoms with E-state index in [4.69, 9.17) is 20.3 Å². The standard InChI is InChI=1S/C15H26NO6P/c1-2-3-4-9-21-14-7-5-13(6-8-14)10-15(16,11-17)12-22-23(18,19)20/h5-8,17H,2-4,9-12,16H2,1H3,(H2,18,19,20)/t15-/m1/s1. The number of rotatable bonds is 11. The summed E-state index contributed by atoms with van der Waals surface area (Å²) in [6.45, 7) is 1.90. The largest absolute Gasteiger partial charge is 0.494 e. The van der Waals surface area contributed by atoms with Gasteiger partial charge in [0.15, 0.2) is 0 Å². The molecule has 0 amide bonds. The summed E-state index contributed by atoms with van der Waals surface area (Å²) < 4.78 is 20.8. The molecule has 0 unspecified atom stereocenters. The van der Waals surface area contributed by atoms with E-state index in [1.54, 1.807) is 0 Å². The third kappa shape index (κ3) is 8.46. The number of aliphatic hydroxyl groups is 1. The van der Waals surface area contributed by atoms with Crippen molar-refractivity contribution in [3.05, 3.63) is 29.8 Å². The van der Waals surface area contributed by atoms with Crippen molar-refractivity contribution in [2.75, 3.05) is 19.8 Å². The number of ether oxygens (including phenoxy) is 1. The van der Waals surface area contributed by atoms with Gasteiger partial charge in [-0.1, -0.05) is 31.9 Å². The van der Waals surface area contributed by atoms with Gasteiger partial charge < -0.3 is 25.4 Å². The van der Waals surface area contributed by atoms with Crippen LogP contribution in [0, 0.1) is 0 Å². The summed E-state index contributed by atoms with van der Waals surface area (Å²) in [6.07, 6.45) is 3.50. The highest BCUT2D eigenvalue weighted by Crippen LogP contribution is 2.36. The second kappa shape index (κ2) is 9.37. The second-order valence-electron chi connectivity index (χ2n) is 5.66. The van der Waals surface area contributed by atoms with Crippen molar-refractivity contribution in [2.24, 2.45) is 5.73 Å². The zero-order chi connectivity index (χ0) is 17.3. The highest BCUT2D eigenvalue weighted by atomic mass is 31.2. The number of unbranched alkanes of at least 4 members (excludes halogenated alkanes) is 2. The molecule has 0 fully saturated rings. The molecule has 5 N–H and O–H groups in total. The Balaban J connectivity index is 2.55. The van der Waals surface area contributed by atoms with Crippen LogP contribution >= 0.6 is 7.82 Å². The smallest absolute Gasteiger partial charge is 0.469 e. The fourth-order valence-corrected chi connectivity index (χ4v) is 2.44. The molecule has 0 aliphatic rings. The van der Waals surface area contributed by atoms with Gasteiger partial charge in [0.05, 0.1) is 25.4 Å². The minimum absolute atomic E-state index is 0.222. The Bertz CT molecular complexity index is 503. The number of hydrogen-bond donors (Lipinski definition) is 4. The van der Waals surface area contributed by atoms with Crippen molar-refractivity contribution in [3.8, 4) is 5.75 Å². The van der Waals surface area contributed by atoms with Crippen molar-refractivity contribution >= 4 is 7.82 Å². The first-order chi connectivity index (χ1) is 10.8. The van der Waals surface area contributed by atoms with Crippen LogP contribution in [0.15, 0.2) is 24.3 Å². The minimum Gasteiger partial charge on any atom is -0.494 e. The number of phosphoric ester groups is 1. The van der Waals surface area contributed by atoms with Crippen LogP contribution in [-0.4, -0.2) is 40.3 Å². The molecule has 0 spiro atoms. The van der Waals surface area contributed by atoms with Gasteiger partial charge in [-0.2, -0.15) is 0 Å². The molecule has 0 saturated heterocycles. The molecule has 1 atom stereocenters. The zero-order valence-corrected chi connectivity index (χ0v) is 14.2. The van der Waals surface area contributed by atoms with Gasteiger partial charge in [0.1, 0.15) is 5.75 Å². The average Bonchev–Trinajstić information content (AvgIpc) is 2.51. The van der Waals surface area contributed by atoms with Crippen LogP contribution in [0.2, 0.25) is 0 Å². The van der Waals surface area contributed by atoms with E-state index >= 15 is 0 Å². The van der Waals surface area contributed by atoms with Crippen LogP contribution < -0.4 is 10.5 Å². The Kier molecular flexibility index (Phi) is 8.19. The van der Waals surface area contributed by atoms with Gasteiger partial charge >= 0.3 is 7.82 Å². The van der Waals surface area contributed by atoms with E-state index in [1.165, 1.54) is 0 Å². The van der Waals surface area contributed by atoms with Gasteiger partial charge in [-0.25, -0.2) is 4.57 Å². The SMILES string of the molecule is CCCCCOc1ccc(C[C@@](N)(CO)COP(=O)(O)O)cc1. The van der Waals surface area contributed by atoms with Crippen molar-refractivity contribution in [1.82, 2.24) is 0 Å². The zero-order valence-electron chi connectivity index (χ0n) is 13.4. The lowest BCUT2D eigenvalue weighted by Crippen LogP contribution is -2.49. The molecule has 0 saturated carbocycles. The van der Waals surface area contributed by atoms with Crippen molar-refractivity contribution in [3.63, 3.8) is 0 Å². The van der Waals surface area contributed by atoms with E-state index in [-0.39, 0.29) is 6.42 Å². The number of benzene rings is 1. The van der Waals surface area contributed by atoms with E-state index in [9.17, 15) is 9.67 Å². The summed E-state index contributed by atoms with van der Waals surface area (Å²) in [6, 6.07) is 7.24. The van der Waals surface area contributed by atoms with Gasteiger partial charge in [-0.3, -0.25) is 4.52 Å². The Morgan fingerprint density at radius 1 is 1.22 bits per heavy atom. The number of nitrogens with two attached hydrogens (primary N) is 1. The predicted octanol–water partition coefficient (Wildman–Crippen LogP) is 1.60. The first kappa shape index (κ1) is 20.1. The maximum atomic E-state index is 10.8. The van der Waals surface area contributed by atoms with Crippen LogP contribution in [0.25, 0.3) is 0 Å². The lowest BCUT2D eigenvalue weighted by atomic mass is 9.93. The molecule has 23 heavy (non-hydrogen) atoms. The molecule has 0 radical (unpaired) electrons. The topological polar surface area (TPSA) is 122 Å². The normalized spacial score (nSPS) is 14.5. The van der Waals surface area contributed by atoms with Crippen molar-refractivity contribution in [1.29, 1.82) is 0 Å². The van der Waals surface area contributed by atoms with Gasteiger partial charge in [-0.15, -0.1) is 0 Å². The van der Waals surface area contributed by atoms with Crippen LogP contribution in [0.3, 0.4) is 0 Å². The van der Waals surface area contributed by atoms with Gasteiger partial charge in [-0.05, 0) is 30.5 Å². The van der Waals surface area contributed by atoms with Crippen LogP contribution in [0.5, 0.6) is 5.75 Å². The summed E-state index contributed by atoms with van der Waals surface area (Å²) in [4.78, 5) is 17.5. The fourth-order valence-electron chi connectivity index (χ4n) is 2.02. The third-order valence-corrected chi connectivity index (χ3v) is 3.80. The number of phosphoric acid groups is 1. The van der Waals surface area contributed by atoms with E-state index in [1.807, 2.05) is 24.3 Å². The lowest BCUT2D eigenvalue weighted by molar-refractivity contribution is 0.107. The highest BCUT2D eigenvalue weighted by Gasteiger charge is 2.29. The summed E-state index contributed by atoms with van der Waals surface area (Å²) >= 11 is 0. The predicted molar refractivity (Wildman–Crippen MR) is 87.2 cm³/mol. The first-order valence-electron chi connectivity index (χ1n) is 7.59. The Hall–Kier alpha value is -0.950. The molecule has 8 heteroatoms. The van der Waals surface area contributed by atoms with Gasteiger partial charge in [0.2, 0.25) is 0 Å². The maximum absolute atomic E-state index is 10.8. The van der Waals surface area contributed by atoms with Gasteiger partial charge in [0.25, 0.3) is 0 Å². The number of hydrogen-bond acceptors (Lipinski definition) is 5. The monoisotopic (exact) mass is 347 g/mol. The Morgan fingerprint density at radius 2 is 1.87 bits per heavy atom. The fraction of sp³-hybridized carbons (Fsp3) is 0.600. The van der Waals surface area contributed by atoms with E-state index in [0.29, 0.717) is 6.61 Å². The van der Waals surface area contributed by atoms with E-state index in [0.717, 1.165) is 30.6 Å². The summed E-state index contributed by atoms with van der Waals surface area (Å²) in [5.74, 6) is 0.753. The maximum Gasteiger partial charge on any atom is 0.469 e. The van der Waals surface area contributed by atoms with E-state index < -0.39 is 26.6 Å². The quantitative estimate of drug-likeness (QED) is 0.354. The molecule has 0 aromatic heterocycles. The first-order valence-corrected chi connectivity index (χ1v) is 9.12. The van der Waals surface area contributed by atoms with Gasteiger partial charge in [0, 0.05) is 0 Å². The molecule has 1 aromatic carbocycles. The summed E-state index contributed by atoms with van der Waals surface area (Å²) in [5, 5.41) is 9.38. The molecule has 0 heterocycles. The minimum atomic E-state index is -4.62. The molecule has 132 valence electrons. The molecule has 1 aromatic rings. The van der Waals surface area contributed by atoms with Crippen LogP contribution in [0.1, 0.15) is 31.7 Å². The third-order valence-electron chi connectivity index (χ3n) is 3.33. The number of aliphatic hydroxyl groups excluding tert-OH is 1. The van der Waals surface area contributed by atoms with E-state index in [2.05, 4.69) is 11.4 Å². The Morgan fingerprint density at radius 3 is 2.39 bits per heavy atom.